The quantitative estimate of drug-likeness (QED) is 0.146. The van der Waals surface area contributed by atoms with E-state index in [-0.39, 0.29) is 18.0 Å². The van der Waals surface area contributed by atoms with Gasteiger partial charge in [0.05, 0.1) is 6.42 Å². The van der Waals surface area contributed by atoms with Crippen molar-refractivity contribution < 1.29 is 9.59 Å². The fourth-order valence-electron chi connectivity index (χ4n) is 5.65. The van der Waals surface area contributed by atoms with Gasteiger partial charge in [0.15, 0.2) is 5.78 Å². The number of carbonyl (C=O) groups excluding carboxylic acids is 2. The van der Waals surface area contributed by atoms with Crippen LogP contribution in [-0.2, 0) is 4.79 Å². The summed E-state index contributed by atoms with van der Waals surface area (Å²) < 4.78 is 0. The third-order valence-electron chi connectivity index (χ3n) is 7.89. The summed E-state index contributed by atoms with van der Waals surface area (Å²) in [6, 6.07) is 16.7. The molecule has 0 aromatic heterocycles. The number of carbonyl (C=O) groups is 2. The minimum atomic E-state index is -0.104. The van der Waals surface area contributed by atoms with Gasteiger partial charge in [-0.3, -0.25) is 9.59 Å². The summed E-state index contributed by atoms with van der Waals surface area (Å²) in [5, 5.41) is 0. The molecule has 0 aliphatic heterocycles. The lowest BCUT2D eigenvalue weighted by Gasteiger charge is -2.29. The lowest BCUT2D eigenvalue weighted by atomic mass is 9.77. The van der Waals surface area contributed by atoms with Gasteiger partial charge in [-0.05, 0) is 61.1 Å². The van der Waals surface area contributed by atoms with Crippen LogP contribution in [-0.4, -0.2) is 11.6 Å². The first kappa shape index (κ1) is 27.4. The standard InChI is InChI=1S/C33H46O2/c1-3-4-5-6-7-8-9-10-11-12-27-13-15-28(16-14-27)29-17-19-30(20-18-29)31-21-23-32(24-22-31)33(35)25-26(2)34/h17-24,27-28H,3-16,25H2,1-2H3. The van der Waals surface area contributed by atoms with Gasteiger partial charge in [-0.25, -0.2) is 0 Å². The summed E-state index contributed by atoms with van der Waals surface area (Å²) in [5.74, 6) is 1.45. The van der Waals surface area contributed by atoms with E-state index in [1.54, 1.807) is 0 Å². The van der Waals surface area contributed by atoms with Crippen LogP contribution < -0.4 is 0 Å². The second-order valence-corrected chi connectivity index (χ2v) is 10.8. The average molecular weight is 475 g/mol. The van der Waals surface area contributed by atoms with Crippen LogP contribution in [0.5, 0.6) is 0 Å². The Labute approximate surface area is 213 Å². The average Bonchev–Trinajstić information content (AvgIpc) is 2.88. The van der Waals surface area contributed by atoms with Crippen LogP contribution in [0.2, 0.25) is 0 Å². The van der Waals surface area contributed by atoms with Crippen molar-refractivity contribution in [3.05, 3.63) is 59.7 Å². The van der Waals surface area contributed by atoms with Crippen molar-refractivity contribution in [1.82, 2.24) is 0 Å². The van der Waals surface area contributed by atoms with E-state index >= 15 is 0 Å². The Morgan fingerprint density at radius 3 is 1.74 bits per heavy atom. The molecule has 0 heterocycles. The highest BCUT2D eigenvalue weighted by atomic mass is 16.1. The second-order valence-electron chi connectivity index (χ2n) is 10.8. The molecule has 0 unspecified atom stereocenters. The number of hydrogen-bond acceptors (Lipinski definition) is 2. The molecule has 2 aromatic carbocycles. The number of benzene rings is 2. The highest BCUT2D eigenvalue weighted by Crippen LogP contribution is 2.38. The first-order valence-corrected chi connectivity index (χ1v) is 14.3. The van der Waals surface area contributed by atoms with Gasteiger partial charge in [-0.2, -0.15) is 0 Å². The monoisotopic (exact) mass is 474 g/mol. The van der Waals surface area contributed by atoms with Gasteiger partial charge in [0.2, 0.25) is 0 Å². The zero-order chi connectivity index (χ0) is 24.9. The van der Waals surface area contributed by atoms with Crippen molar-refractivity contribution >= 4 is 11.6 Å². The Kier molecular flexibility index (Phi) is 11.7. The number of hydrogen-bond donors (Lipinski definition) is 0. The summed E-state index contributed by atoms with van der Waals surface area (Å²) in [6.45, 7) is 3.74. The summed E-state index contributed by atoms with van der Waals surface area (Å²) in [7, 11) is 0. The van der Waals surface area contributed by atoms with E-state index < -0.39 is 0 Å². The van der Waals surface area contributed by atoms with Gasteiger partial charge in [-0.15, -0.1) is 0 Å². The van der Waals surface area contributed by atoms with Crippen LogP contribution in [0.1, 0.15) is 132 Å². The van der Waals surface area contributed by atoms with Gasteiger partial charge in [0.25, 0.3) is 0 Å². The van der Waals surface area contributed by atoms with Crippen LogP contribution >= 0.6 is 0 Å². The SMILES string of the molecule is CCCCCCCCCCCC1CCC(c2ccc(-c3ccc(C(=O)CC(C)=O)cc3)cc2)CC1. The molecular formula is C33H46O2. The molecule has 0 atom stereocenters. The van der Waals surface area contributed by atoms with E-state index in [1.165, 1.54) is 108 Å². The lowest BCUT2D eigenvalue weighted by molar-refractivity contribution is -0.116. The maximum absolute atomic E-state index is 12.1. The van der Waals surface area contributed by atoms with Crippen LogP contribution in [0.3, 0.4) is 0 Å². The molecule has 35 heavy (non-hydrogen) atoms. The van der Waals surface area contributed by atoms with Gasteiger partial charge >= 0.3 is 0 Å². The molecule has 0 saturated heterocycles. The first-order chi connectivity index (χ1) is 17.1. The van der Waals surface area contributed by atoms with E-state index in [0.717, 1.165) is 11.5 Å². The molecule has 1 aliphatic rings. The van der Waals surface area contributed by atoms with Crippen molar-refractivity contribution in [2.75, 3.05) is 0 Å². The van der Waals surface area contributed by atoms with E-state index in [1.807, 2.05) is 24.3 Å². The fraction of sp³-hybridized carbons (Fsp3) is 0.576. The molecule has 1 saturated carbocycles. The molecule has 1 aliphatic carbocycles. The minimum absolute atomic E-state index is 0.0184. The van der Waals surface area contributed by atoms with Crippen LogP contribution in [0.15, 0.2) is 48.5 Å². The van der Waals surface area contributed by atoms with Crippen LogP contribution in [0.4, 0.5) is 0 Å². The molecule has 0 radical (unpaired) electrons. The van der Waals surface area contributed by atoms with Gasteiger partial charge < -0.3 is 0 Å². The summed E-state index contributed by atoms with van der Waals surface area (Å²) in [5.41, 5.74) is 4.38. The number of Topliss-reactive ketones (excluding diaryl/α,β-unsaturated/α-hetero) is 2. The maximum atomic E-state index is 12.1. The van der Waals surface area contributed by atoms with E-state index in [0.29, 0.717) is 11.5 Å². The van der Waals surface area contributed by atoms with Crippen molar-refractivity contribution in [1.29, 1.82) is 0 Å². The lowest BCUT2D eigenvalue weighted by Crippen LogP contribution is -2.13. The topological polar surface area (TPSA) is 34.1 Å². The zero-order valence-electron chi connectivity index (χ0n) is 22.2. The maximum Gasteiger partial charge on any atom is 0.170 e. The molecule has 0 amide bonds. The third-order valence-corrected chi connectivity index (χ3v) is 7.89. The minimum Gasteiger partial charge on any atom is -0.300 e. The normalized spacial score (nSPS) is 17.9. The molecule has 190 valence electrons. The second kappa shape index (κ2) is 15.0. The molecule has 0 bridgehead atoms. The summed E-state index contributed by atoms with van der Waals surface area (Å²) >= 11 is 0. The number of ketones is 2. The molecule has 1 fully saturated rings. The fourth-order valence-corrected chi connectivity index (χ4v) is 5.65. The van der Waals surface area contributed by atoms with Gasteiger partial charge in [0.1, 0.15) is 5.78 Å². The first-order valence-electron chi connectivity index (χ1n) is 14.3. The molecule has 3 rings (SSSR count). The molecule has 0 spiro atoms. The predicted octanol–water partition coefficient (Wildman–Crippen LogP) is 9.71. The van der Waals surface area contributed by atoms with Crippen molar-refractivity contribution in [2.45, 2.75) is 116 Å². The Balaban J connectivity index is 1.36. The van der Waals surface area contributed by atoms with Crippen molar-refractivity contribution in [3.63, 3.8) is 0 Å². The van der Waals surface area contributed by atoms with Crippen molar-refractivity contribution in [3.8, 4) is 11.1 Å². The molecule has 2 aromatic rings. The third kappa shape index (κ3) is 9.39. The Morgan fingerprint density at radius 2 is 1.20 bits per heavy atom. The number of rotatable bonds is 15. The largest absolute Gasteiger partial charge is 0.300 e. The highest BCUT2D eigenvalue weighted by Gasteiger charge is 2.22. The van der Waals surface area contributed by atoms with Crippen LogP contribution in [0, 0.1) is 5.92 Å². The van der Waals surface area contributed by atoms with Gasteiger partial charge in [0, 0.05) is 5.56 Å². The van der Waals surface area contributed by atoms with Crippen LogP contribution in [0.25, 0.3) is 11.1 Å². The van der Waals surface area contributed by atoms with Crippen molar-refractivity contribution in [2.24, 2.45) is 5.92 Å². The molecule has 2 heteroatoms. The molecule has 2 nitrogen and oxygen atoms in total. The highest BCUT2D eigenvalue weighted by molar-refractivity contribution is 6.07. The number of unbranched alkanes of at least 4 members (excludes halogenated alkanes) is 8. The van der Waals surface area contributed by atoms with E-state index in [4.69, 9.17) is 0 Å². The molecule has 0 N–H and O–H groups in total. The van der Waals surface area contributed by atoms with E-state index in [9.17, 15) is 9.59 Å². The summed E-state index contributed by atoms with van der Waals surface area (Å²) in [4.78, 5) is 23.3. The smallest absolute Gasteiger partial charge is 0.170 e. The van der Waals surface area contributed by atoms with Gasteiger partial charge in [-0.1, -0.05) is 120 Å². The predicted molar refractivity (Wildman–Crippen MR) is 148 cm³/mol. The molecular weight excluding hydrogens is 428 g/mol. The van der Waals surface area contributed by atoms with E-state index in [2.05, 4.69) is 31.2 Å². The Hall–Kier alpha value is -2.22. The Morgan fingerprint density at radius 1 is 0.686 bits per heavy atom. The summed E-state index contributed by atoms with van der Waals surface area (Å²) in [6.07, 6.45) is 19.7. The zero-order valence-corrected chi connectivity index (χ0v) is 22.2. The Bertz CT molecular complexity index is 886.